The Balaban J connectivity index is 1.79. The summed E-state index contributed by atoms with van der Waals surface area (Å²) in [5, 5.41) is 10.7. The zero-order valence-corrected chi connectivity index (χ0v) is 19.1. The van der Waals surface area contributed by atoms with Gasteiger partial charge in [-0.1, -0.05) is 23.2 Å². The first-order valence-electron chi connectivity index (χ1n) is 9.86. The van der Waals surface area contributed by atoms with Crippen molar-refractivity contribution in [3.05, 3.63) is 33.9 Å². The maximum atomic E-state index is 13.0. The summed E-state index contributed by atoms with van der Waals surface area (Å²) in [6.07, 6.45) is 1.04. The Morgan fingerprint density at radius 2 is 2.00 bits per heavy atom. The lowest BCUT2D eigenvalue weighted by molar-refractivity contribution is 0.0448. The third-order valence-corrected chi connectivity index (χ3v) is 5.92. The van der Waals surface area contributed by atoms with E-state index in [9.17, 15) is 9.18 Å². The Morgan fingerprint density at radius 3 is 2.57 bits per heavy atom. The van der Waals surface area contributed by atoms with Gasteiger partial charge in [0.1, 0.15) is 12.3 Å². The van der Waals surface area contributed by atoms with Crippen molar-refractivity contribution < 1.29 is 13.9 Å². The number of anilines is 1. The van der Waals surface area contributed by atoms with Crippen molar-refractivity contribution in [1.29, 1.82) is 0 Å². The summed E-state index contributed by atoms with van der Waals surface area (Å²) in [6.45, 7) is 8.28. The first kappa shape index (κ1) is 22.7. The molecule has 1 aromatic carbocycles. The highest BCUT2D eigenvalue weighted by Gasteiger charge is 2.34. The van der Waals surface area contributed by atoms with E-state index in [1.165, 1.54) is 0 Å². The van der Waals surface area contributed by atoms with E-state index in [4.69, 9.17) is 27.9 Å². The Kier molecular flexibility index (Phi) is 6.53. The molecular formula is C21H27Cl2FN4O2. The minimum Gasteiger partial charge on any atom is -0.444 e. The van der Waals surface area contributed by atoms with E-state index in [1.807, 2.05) is 33.8 Å². The van der Waals surface area contributed by atoms with Gasteiger partial charge in [-0.05, 0) is 58.7 Å². The molecule has 9 heteroatoms. The predicted octanol–water partition coefficient (Wildman–Crippen LogP) is 5.74. The van der Waals surface area contributed by atoms with Gasteiger partial charge in [-0.2, -0.15) is 5.10 Å². The summed E-state index contributed by atoms with van der Waals surface area (Å²) in [5.74, 6) is 0. The normalized spacial score (nSPS) is 16.4. The van der Waals surface area contributed by atoms with E-state index in [2.05, 4.69) is 20.4 Å². The molecule has 1 saturated heterocycles. The number of H-pyrrole nitrogens is 1. The number of alkyl carbamates (subject to hydrolysis) is 1. The number of rotatable bonds is 4. The van der Waals surface area contributed by atoms with Crippen molar-refractivity contribution >= 4 is 35.0 Å². The molecule has 0 spiro atoms. The first-order chi connectivity index (χ1) is 14.0. The molecule has 2 heterocycles. The molecule has 0 atom stereocenters. The lowest BCUT2D eigenvalue weighted by Gasteiger charge is -2.41. The molecule has 164 valence electrons. The number of carbonyl (C=O) groups excluding carboxylic acids is 1. The summed E-state index contributed by atoms with van der Waals surface area (Å²) in [6, 6.07) is 5.29. The van der Waals surface area contributed by atoms with E-state index < -0.39 is 18.4 Å². The van der Waals surface area contributed by atoms with Crippen LogP contribution in [-0.2, 0) is 11.4 Å². The van der Waals surface area contributed by atoms with Crippen LogP contribution < -0.4 is 10.2 Å². The molecule has 2 N–H and O–H groups in total. The highest BCUT2D eigenvalue weighted by molar-refractivity contribution is 6.44. The second-order valence-corrected chi connectivity index (χ2v) is 9.63. The average Bonchev–Trinajstić information content (AvgIpc) is 3.11. The molecule has 0 saturated carbocycles. The smallest absolute Gasteiger partial charge is 0.408 e. The van der Waals surface area contributed by atoms with E-state index in [0.29, 0.717) is 40.1 Å². The fourth-order valence-electron chi connectivity index (χ4n) is 3.52. The molecule has 1 aromatic heterocycles. The van der Waals surface area contributed by atoms with Gasteiger partial charge in [0.15, 0.2) is 0 Å². The van der Waals surface area contributed by atoms with Crippen molar-refractivity contribution in [2.75, 3.05) is 18.0 Å². The number of nitrogens with zero attached hydrogens (tertiary/aromatic N) is 2. The third-order valence-electron chi connectivity index (χ3n) is 5.11. The van der Waals surface area contributed by atoms with E-state index in [-0.39, 0.29) is 5.54 Å². The molecule has 0 radical (unpaired) electrons. The predicted molar refractivity (Wildman–Crippen MR) is 118 cm³/mol. The number of halogens is 3. The average molecular weight is 457 g/mol. The fourth-order valence-corrected chi connectivity index (χ4v) is 3.94. The molecule has 0 bridgehead atoms. The molecule has 0 unspecified atom stereocenters. The Bertz CT molecular complexity index is 918. The number of benzene rings is 1. The van der Waals surface area contributed by atoms with Crippen LogP contribution in [0.25, 0.3) is 11.3 Å². The topological polar surface area (TPSA) is 70.2 Å². The van der Waals surface area contributed by atoms with Gasteiger partial charge in [0.25, 0.3) is 0 Å². The van der Waals surface area contributed by atoms with Crippen LogP contribution in [0.5, 0.6) is 0 Å². The zero-order chi connectivity index (χ0) is 22.1. The number of hydrogen-bond acceptors (Lipinski definition) is 4. The third kappa shape index (κ3) is 5.19. The van der Waals surface area contributed by atoms with Gasteiger partial charge in [-0.15, -0.1) is 0 Å². The van der Waals surface area contributed by atoms with Gasteiger partial charge in [0.2, 0.25) is 0 Å². The van der Waals surface area contributed by atoms with Crippen LogP contribution in [0, 0.1) is 0 Å². The molecule has 2 aromatic rings. The summed E-state index contributed by atoms with van der Waals surface area (Å²) in [4.78, 5) is 14.4. The summed E-state index contributed by atoms with van der Waals surface area (Å²) in [5.41, 5.74) is 1.55. The number of aromatic amines is 1. The summed E-state index contributed by atoms with van der Waals surface area (Å²) < 4.78 is 18.4. The number of hydrogen-bond donors (Lipinski definition) is 2. The van der Waals surface area contributed by atoms with Crippen LogP contribution >= 0.6 is 23.2 Å². The highest BCUT2D eigenvalue weighted by atomic mass is 35.5. The molecule has 1 fully saturated rings. The fraction of sp³-hybridized carbons (Fsp3) is 0.524. The summed E-state index contributed by atoms with van der Waals surface area (Å²) >= 11 is 12.8. The van der Waals surface area contributed by atoms with Crippen LogP contribution in [0.4, 0.5) is 14.9 Å². The number of alkyl halides is 1. The quantitative estimate of drug-likeness (QED) is 0.615. The van der Waals surface area contributed by atoms with Crippen LogP contribution in [0.15, 0.2) is 18.2 Å². The number of nitrogens with one attached hydrogen (secondary N) is 2. The lowest BCUT2D eigenvalue weighted by atomic mass is 9.89. The number of piperidine rings is 1. The number of amides is 1. The van der Waals surface area contributed by atoms with Crippen molar-refractivity contribution in [3.63, 3.8) is 0 Å². The molecule has 6 nitrogen and oxygen atoms in total. The number of carbonyl (C=O) groups is 1. The van der Waals surface area contributed by atoms with Crippen molar-refractivity contribution in [2.45, 2.75) is 58.4 Å². The monoisotopic (exact) mass is 456 g/mol. The Labute approximate surface area is 186 Å². The van der Waals surface area contributed by atoms with Gasteiger partial charge in [-0.25, -0.2) is 9.18 Å². The van der Waals surface area contributed by atoms with E-state index in [1.54, 1.807) is 12.1 Å². The van der Waals surface area contributed by atoms with Gasteiger partial charge in [-0.3, -0.25) is 5.10 Å². The Hall–Kier alpha value is -1.99. The van der Waals surface area contributed by atoms with Gasteiger partial charge < -0.3 is 15.0 Å². The molecule has 3 rings (SSSR count). The van der Waals surface area contributed by atoms with Gasteiger partial charge >= 0.3 is 6.09 Å². The standard InChI is InChI=1S/C21H27Cl2FN4O2/c1-20(2,3)30-19(29)25-21(4)7-9-28(10-8-21)16-6-5-14(22)18(23)17(16)15-11-13(12-24)26-27-15/h5-6,11H,7-10,12H2,1-4H3,(H,25,29)(H,26,27). The van der Waals surface area contributed by atoms with E-state index in [0.717, 1.165) is 18.5 Å². The second-order valence-electron chi connectivity index (χ2n) is 8.84. The van der Waals surface area contributed by atoms with Crippen LogP contribution in [0.1, 0.15) is 46.2 Å². The number of ether oxygens (including phenoxy) is 1. The molecule has 1 amide bonds. The SMILES string of the molecule is CC1(NC(=O)OC(C)(C)C)CCN(c2ccc(Cl)c(Cl)c2-c2cc(CF)[nH]n2)CC1. The molecule has 1 aliphatic rings. The van der Waals surface area contributed by atoms with Gasteiger partial charge in [0, 0.05) is 29.9 Å². The zero-order valence-electron chi connectivity index (χ0n) is 17.6. The van der Waals surface area contributed by atoms with Crippen LogP contribution in [0.3, 0.4) is 0 Å². The maximum absolute atomic E-state index is 13.0. The first-order valence-corrected chi connectivity index (χ1v) is 10.6. The molecular weight excluding hydrogens is 430 g/mol. The van der Waals surface area contributed by atoms with Crippen molar-refractivity contribution in [1.82, 2.24) is 15.5 Å². The highest BCUT2D eigenvalue weighted by Crippen LogP contribution is 2.42. The summed E-state index contributed by atoms with van der Waals surface area (Å²) in [7, 11) is 0. The van der Waals surface area contributed by atoms with Crippen LogP contribution in [-0.4, -0.2) is 40.5 Å². The maximum Gasteiger partial charge on any atom is 0.408 e. The van der Waals surface area contributed by atoms with E-state index >= 15 is 0 Å². The lowest BCUT2D eigenvalue weighted by Crippen LogP contribution is -2.54. The second kappa shape index (κ2) is 8.63. The molecule has 30 heavy (non-hydrogen) atoms. The minimum absolute atomic E-state index is 0.372. The van der Waals surface area contributed by atoms with Crippen LogP contribution in [0.2, 0.25) is 10.0 Å². The van der Waals surface area contributed by atoms with Gasteiger partial charge in [0.05, 0.1) is 21.4 Å². The Morgan fingerprint density at radius 1 is 1.33 bits per heavy atom. The molecule has 0 aliphatic carbocycles. The molecule has 1 aliphatic heterocycles. The minimum atomic E-state index is -0.640. The van der Waals surface area contributed by atoms with Crippen molar-refractivity contribution in [2.24, 2.45) is 0 Å². The van der Waals surface area contributed by atoms with Crippen molar-refractivity contribution in [3.8, 4) is 11.3 Å². The largest absolute Gasteiger partial charge is 0.444 e. The number of aromatic nitrogens is 2.